The van der Waals surface area contributed by atoms with Crippen molar-refractivity contribution in [2.24, 2.45) is 0 Å². The normalized spacial score (nSPS) is 9.00. The van der Waals surface area contributed by atoms with Crippen LogP contribution in [-0.4, -0.2) is 18.1 Å². The van der Waals surface area contributed by atoms with Crippen LogP contribution < -0.4 is 5.32 Å². The van der Waals surface area contributed by atoms with E-state index in [-0.39, 0.29) is 11.7 Å². The van der Waals surface area contributed by atoms with Gasteiger partial charge in [-0.1, -0.05) is 5.16 Å². The fraction of sp³-hybridized carbons (Fsp3) is 0.200. The van der Waals surface area contributed by atoms with Crippen LogP contribution in [0.4, 0.5) is 0 Å². The molecule has 1 aromatic rings. The number of hydrogen-bond acceptors (Lipinski definition) is 3. The van der Waals surface area contributed by atoms with Gasteiger partial charge in [0.2, 0.25) is 5.76 Å². The first-order chi connectivity index (χ1) is 4.34. The van der Waals surface area contributed by atoms with Crippen LogP contribution in [0.3, 0.4) is 0 Å². The maximum absolute atomic E-state index is 10.6. The molecule has 0 unspecified atom stereocenters. The van der Waals surface area contributed by atoms with E-state index in [2.05, 4.69) is 21.2 Å². The lowest BCUT2D eigenvalue weighted by molar-refractivity contribution is 0.0926. The summed E-state index contributed by atoms with van der Waals surface area (Å²) >= 11 is 0. The predicted molar refractivity (Wildman–Crippen MR) is 28.7 cm³/mol. The van der Waals surface area contributed by atoms with Crippen LogP contribution >= 0.6 is 0 Å². The Hall–Kier alpha value is -1.32. The lowest BCUT2D eigenvalue weighted by Gasteiger charge is -1.88. The van der Waals surface area contributed by atoms with E-state index in [1.54, 1.807) is 0 Å². The third kappa shape index (κ3) is 1.07. The fourth-order valence-electron chi connectivity index (χ4n) is 0.417. The molecule has 47 valence electrons. The van der Waals surface area contributed by atoms with Gasteiger partial charge in [-0.2, -0.15) is 0 Å². The maximum atomic E-state index is 10.6. The largest absolute Gasteiger partial charge is 0.352 e. The van der Waals surface area contributed by atoms with Crippen LogP contribution in [-0.2, 0) is 0 Å². The van der Waals surface area contributed by atoms with Gasteiger partial charge in [0.15, 0.2) is 0 Å². The number of aromatic nitrogens is 1. The van der Waals surface area contributed by atoms with Gasteiger partial charge in [0.25, 0.3) is 5.91 Å². The van der Waals surface area contributed by atoms with Crippen LogP contribution in [0.2, 0.25) is 0 Å². The summed E-state index contributed by atoms with van der Waals surface area (Å²) in [7, 11) is 1.52. The molecule has 4 nitrogen and oxygen atoms in total. The van der Waals surface area contributed by atoms with Gasteiger partial charge in [-0.3, -0.25) is 4.79 Å². The third-order valence-electron chi connectivity index (χ3n) is 0.843. The minimum atomic E-state index is -0.288. The highest BCUT2D eigenvalue weighted by molar-refractivity contribution is 5.90. The van der Waals surface area contributed by atoms with Gasteiger partial charge in [0.1, 0.15) is 6.20 Å². The summed E-state index contributed by atoms with van der Waals surface area (Å²) in [5.41, 5.74) is 0. The van der Waals surface area contributed by atoms with E-state index in [0.29, 0.717) is 0 Å². The highest BCUT2D eigenvalue weighted by atomic mass is 16.5. The second-order valence-corrected chi connectivity index (χ2v) is 1.40. The van der Waals surface area contributed by atoms with E-state index in [1.807, 2.05) is 0 Å². The highest BCUT2D eigenvalue weighted by Crippen LogP contribution is 1.92. The zero-order valence-corrected chi connectivity index (χ0v) is 4.84. The fourth-order valence-corrected chi connectivity index (χ4v) is 0.417. The molecule has 0 saturated carbocycles. The SMILES string of the molecule is CNC(=O)c1c[c]no1. The molecule has 0 aromatic carbocycles. The first kappa shape index (κ1) is 5.81. The second-order valence-electron chi connectivity index (χ2n) is 1.40. The molecule has 1 rings (SSSR count). The molecule has 1 heterocycles. The molecule has 1 aromatic heterocycles. The van der Waals surface area contributed by atoms with Gasteiger partial charge in [0.05, 0.1) is 0 Å². The molecular weight excluding hydrogens is 120 g/mol. The van der Waals surface area contributed by atoms with E-state index < -0.39 is 0 Å². The zero-order chi connectivity index (χ0) is 6.69. The summed E-state index contributed by atoms with van der Waals surface area (Å²) < 4.78 is 4.47. The van der Waals surface area contributed by atoms with Crippen LogP contribution in [0.1, 0.15) is 10.6 Å². The van der Waals surface area contributed by atoms with Crippen molar-refractivity contribution in [3.63, 3.8) is 0 Å². The van der Waals surface area contributed by atoms with Gasteiger partial charge in [-0.15, -0.1) is 0 Å². The van der Waals surface area contributed by atoms with Crippen molar-refractivity contribution in [1.29, 1.82) is 0 Å². The van der Waals surface area contributed by atoms with Gasteiger partial charge >= 0.3 is 0 Å². The standard InChI is InChI=1S/C5H5N2O2/c1-6-5(8)4-2-3-7-9-4/h2H,1H3,(H,6,8). The number of carbonyl (C=O) groups is 1. The average Bonchev–Trinajstić information content (AvgIpc) is 2.37. The highest BCUT2D eigenvalue weighted by Gasteiger charge is 2.04. The molecule has 0 bridgehead atoms. The predicted octanol–water partition coefficient (Wildman–Crippen LogP) is -0.166. The minimum Gasteiger partial charge on any atom is -0.352 e. The Labute approximate surface area is 51.8 Å². The topological polar surface area (TPSA) is 55.1 Å². The monoisotopic (exact) mass is 125 g/mol. The van der Waals surface area contributed by atoms with Crippen molar-refractivity contribution < 1.29 is 9.32 Å². The molecular formula is C5H5N2O2. The van der Waals surface area contributed by atoms with Crippen LogP contribution in [0, 0.1) is 6.20 Å². The van der Waals surface area contributed by atoms with Gasteiger partial charge in [-0.25, -0.2) is 0 Å². The Bertz CT molecular complexity index is 193. The Kier molecular flexibility index (Phi) is 1.48. The molecule has 1 N–H and O–H groups in total. The molecule has 0 saturated heterocycles. The Morgan fingerprint density at radius 2 is 2.78 bits per heavy atom. The van der Waals surface area contributed by atoms with Gasteiger partial charge in [0, 0.05) is 13.1 Å². The van der Waals surface area contributed by atoms with Crippen LogP contribution in [0.25, 0.3) is 0 Å². The lowest BCUT2D eigenvalue weighted by Crippen LogP contribution is -2.16. The van der Waals surface area contributed by atoms with Crippen LogP contribution in [0.5, 0.6) is 0 Å². The van der Waals surface area contributed by atoms with Crippen molar-refractivity contribution in [1.82, 2.24) is 10.5 Å². The van der Waals surface area contributed by atoms with Gasteiger partial charge < -0.3 is 9.84 Å². The van der Waals surface area contributed by atoms with E-state index in [4.69, 9.17) is 0 Å². The molecule has 0 fully saturated rings. The summed E-state index contributed by atoms with van der Waals surface area (Å²) in [6.07, 6.45) is 2.37. The molecule has 1 radical (unpaired) electrons. The Balaban J connectivity index is 2.77. The third-order valence-corrected chi connectivity index (χ3v) is 0.843. The molecule has 0 spiro atoms. The quantitative estimate of drug-likeness (QED) is 0.567. The number of amides is 1. The smallest absolute Gasteiger partial charge is 0.289 e. The summed E-state index contributed by atoms with van der Waals surface area (Å²) in [6, 6.07) is 1.37. The van der Waals surface area contributed by atoms with Crippen molar-refractivity contribution in [3.8, 4) is 0 Å². The molecule has 1 amide bonds. The molecule has 0 atom stereocenters. The minimum absolute atomic E-state index is 0.178. The summed E-state index contributed by atoms with van der Waals surface area (Å²) in [5, 5.41) is 5.61. The number of hydrogen-bond donors (Lipinski definition) is 1. The van der Waals surface area contributed by atoms with Crippen molar-refractivity contribution in [2.45, 2.75) is 0 Å². The second kappa shape index (κ2) is 2.30. The molecule has 0 aliphatic heterocycles. The first-order valence-corrected chi connectivity index (χ1v) is 2.39. The van der Waals surface area contributed by atoms with Crippen molar-refractivity contribution in [3.05, 3.63) is 18.0 Å². The number of nitrogens with one attached hydrogen (secondary N) is 1. The zero-order valence-electron chi connectivity index (χ0n) is 4.84. The van der Waals surface area contributed by atoms with E-state index in [1.165, 1.54) is 13.1 Å². The number of rotatable bonds is 1. The van der Waals surface area contributed by atoms with E-state index in [9.17, 15) is 4.79 Å². The molecule has 0 aliphatic rings. The summed E-state index contributed by atoms with van der Waals surface area (Å²) in [4.78, 5) is 10.6. The average molecular weight is 125 g/mol. The lowest BCUT2D eigenvalue weighted by atomic mass is 10.4. The summed E-state index contributed by atoms with van der Waals surface area (Å²) in [5.74, 6) is -0.110. The van der Waals surface area contributed by atoms with E-state index in [0.717, 1.165) is 0 Å². The molecule has 0 aliphatic carbocycles. The summed E-state index contributed by atoms with van der Waals surface area (Å²) in [6.45, 7) is 0. The number of nitrogens with zero attached hydrogens (tertiary/aromatic N) is 1. The van der Waals surface area contributed by atoms with E-state index >= 15 is 0 Å². The van der Waals surface area contributed by atoms with Crippen molar-refractivity contribution in [2.75, 3.05) is 7.05 Å². The Morgan fingerprint density at radius 1 is 2.00 bits per heavy atom. The first-order valence-electron chi connectivity index (χ1n) is 2.39. The Morgan fingerprint density at radius 3 is 3.22 bits per heavy atom. The molecule has 4 heteroatoms. The molecule has 9 heavy (non-hydrogen) atoms. The maximum Gasteiger partial charge on any atom is 0.289 e. The van der Waals surface area contributed by atoms with Gasteiger partial charge in [-0.05, 0) is 0 Å². The van der Waals surface area contributed by atoms with Crippen LogP contribution in [0.15, 0.2) is 10.6 Å². The van der Waals surface area contributed by atoms with Crippen molar-refractivity contribution >= 4 is 5.91 Å². The number of carbonyl (C=O) groups excluding carboxylic acids is 1.